The van der Waals surface area contributed by atoms with Crippen molar-refractivity contribution in [1.82, 2.24) is 15.0 Å². The average Bonchev–Trinajstić information content (AvgIpc) is 3.16. The molecule has 3 rings (SSSR count). The average molecular weight is 289 g/mol. The Labute approximate surface area is 123 Å². The van der Waals surface area contributed by atoms with Crippen molar-refractivity contribution in [2.75, 3.05) is 13.1 Å². The SMILES string of the molecule is CCc1oc(C(=O)N2CC[C@H](c3nc(C)no3)C2)cc1C. The summed E-state index contributed by atoms with van der Waals surface area (Å²) in [4.78, 5) is 18.5. The lowest BCUT2D eigenvalue weighted by atomic mass is 10.1. The molecule has 6 nitrogen and oxygen atoms in total. The van der Waals surface area contributed by atoms with E-state index in [0.717, 1.165) is 24.2 Å². The molecule has 3 heterocycles. The van der Waals surface area contributed by atoms with Crippen LogP contribution in [-0.2, 0) is 6.42 Å². The number of aromatic nitrogens is 2. The van der Waals surface area contributed by atoms with Crippen LogP contribution in [-0.4, -0.2) is 34.0 Å². The van der Waals surface area contributed by atoms with Gasteiger partial charge in [0.15, 0.2) is 11.6 Å². The molecule has 0 bridgehead atoms. The monoisotopic (exact) mass is 289 g/mol. The predicted octanol–water partition coefficient (Wildman–Crippen LogP) is 2.47. The number of hydrogen-bond acceptors (Lipinski definition) is 5. The molecule has 1 aliphatic rings. The van der Waals surface area contributed by atoms with E-state index in [1.54, 1.807) is 11.8 Å². The first kappa shape index (κ1) is 13.9. The molecule has 1 saturated heterocycles. The molecule has 0 spiro atoms. The fourth-order valence-electron chi connectivity index (χ4n) is 2.76. The minimum absolute atomic E-state index is 0.0588. The summed E-state index contributed by atoms with van der Waals surface area (Å²) in [5, 5.41) is 3.81. The maximum Gasteiger partial charge on any atom is 0.289 e. The summed E-state index contributed by atoms with van der Waals surface area (Å²) in [5.41, 5.74) is 1.03. The van der Waals surface area contributed by atoms with Gasteiger partial charge in [-0.05, 0) is 31.9 Å². The van der Waals surface area contributed by atoms with Crippen molar-refractivity contribution in [3.63, 3.8) is 0 Å². The van der Waals surface area contributed by atoms with Crippen molar-refractivity contribution in [2.24, 2.45) is 0 Å². The van der Waals surface area contributed by atoms with Crippen LogP contribution < -0.4 is 0 Å². The highest BCUT2D eigenvalue weighted by Crippen LogP contribution is 2.27. The van der Waals surface area contributed by atoms with E-state index in [2.05, 4.69) is 10.1 Å². The second-order valence-electron chi connectivity index (χ2n) is 5.49. The smallest absolute Gasteiger partial charge is 0.289 e. The van der Waals surface area contributed by atoms with Gasteiger partial charge in [0.2, 0.25) is 5.89 Å². The topological polar surface area (TPSA) is 72.4 Å². The van der Waals surface area contributed by atoms with Gasteiger partial charge in [-0.25, -0.2) is 0 Å². The number of nitrogens with zero attached hydrogens (tertiary/aromatic N) is 3. The molecule has 0 saturated carbocycles. The first-order valence-corrected chi connectivity index (χ1v) is 7.27. The number of aryl methyl sites for hydroxylation is 3. The summed E-state index contributed by atoms with van der Waals surface area (Å²) >= 11 is 0. The first-order valence-electron chi connectivity index (χ1n) is 7.27. The Morgan fingerprint density at radius 1 is 1.48 bits per heavy atom. The first-order chi connectivity index (χ1) is 10.1. The van der Waals surface area contributed by atoms with Crippen LogP contribution in [0.5, 0.6) is 0 Å². The van der Waals surface area contributed by atoms with E-state index >= 15 is 0 Å². The lowest BCUT2D eigenvalue weighted by molar-refractivity contribution is 0.0756. The van der Waals surface area contributed by atoms with Crippen LogP contribution in [0.25, 0.3) is 0 Å². The molecule has 0 N–H and O–H groups in total. The molecule has 0 aliphatic carbocycles. The number of carbonyl (C=O) groups is 1. The molecule has 0 radical (unpaired) electrons. The highest BCUT2D eigenvalue weighted by molar-refractivity contribution is 5.92. The number of amides is 1. The molecule has 112 valence electrons. The van der Waals surface area contributed by atoms with E-state index in [0.29, 0.717) is 30.6 Å². The third-order valence-electron chi connectivity index (χ3n) is 3.92. The Hall–Kier alpha value is -2.11. The quantitative estimate of drug-likeness (QED) is 0.868. The number of furan rings is 1. The number of likely N-dealkylation sites (tertiary alicyclic amines) is 1. The molecule has 21 heavy (non-hydrogen) atoms. The van der Waals surface area contributed by atoms with Gasteiger partial charge < -0.3 is 13.8 Å². The zero-order valence-electron chi connectivity index (χ0n) is 12.5. The number of rotatable bonds is 3. The van der Waals surface area contributed by atoms with Crippen LogP contribution in [0, 0.1) is 13.8 Å². The largest absolute Gasteiger partial charge is 0.456 e. The van der Waals surface area contributed by atoms with Gasteiger partial charge in [0.05, 0.1) is 5.92 Å². The van der Waals surface area contributed by atoms with Crippen molar-refractivity contribution in [3.05, 3.63) is 34.9 Å². The van der Waals surface area contributed by atoms with Crippen LogP contribution in [0.3, 0.4) is 0 Å². The minimum atomic E-state index is -0.0588. The third-order valence-corrected chi connectivity index (χ3v) is 3.92. The lowest BCUT2D eigenvalue weighted by Crippen LogP contribution is -2.28. The van der Waals surface area contributed by atoms with Crippen molar-refractivity contribution in [1.29, 1.82) is 0 Å². The Bertz CT molecular complexity index is 659. The summed E-state index contributed by atoms with van der Waals surface area (Å²) in [6, 6.07) is 1.82. The van der Waals surface area contributed by atoms with Crippen LogP contribution in [0.2, 0.25) is 0 Å². The molecule has 2 aromatic rings. The zero-order chi connectivity index (χ0) is 15.0. The van der Waals surface area contributed by atoms with E-state index < -0.39 is 0 Å². The highest BCUT2D eigenvalue weighted by Gasteiger charge is 2.32. The molecule has 2 aromatic heterocycles. The summed E-state index contributed by atoms with van der Waals surface area (Å²) in [6.07, 6.45) is 1.64. The Morgan fingerprint density at radius 3 is 2.90 bits per heavy atom. The van der Waals surface area contributed by atoms with Crippen molar-refractivity contribution in [3.8, 4) is 0 Å². The summed E-state index contributed by atoms with van der Waals surface area (Å²) in [7, 11) is 0. The maximum absolute atomic E-state index is 12.5. The molecule has 1 fully saturated rings. The summed E-state index contributed by atoms with van der Waals surface area (Å²) in [6.45, 7) is 7.06. The van der Waals surface area contributed by atoms with Crippen LogP contribution in [0.4, 0.5) is 0 Å². The Morgan fingerprint density at radius 2 is 2.29 bits per heavy atom. The van der Waals surface area contributed by atoms with Crippen LogP contribution in [0.1, 0.15) is 52.9 Å². The summed E-state index contributed by atoms with van der Waals surface area (Å²) in [5.74, 6) is 2.61. The molecular formula is C15H19N3O3. The molecule has 0 unspecified atom stereocenters. The lowest BCUT2D eigenvalue weighted by Gasteiger charge is -2.13. The molecule has 1 atom stereocenters. The van der Waals surface area contributed by atoms with Crippen LogP contribution >= 0.6 is 0 Å². The van der Waals surface area contributed by atoms with E-state index in [1.165, 1.54) is 0 Å². The van der Waals surface area contributed by atoms with E-state index in [1.807, 2.05) is 19.9 Å². The summed E-state index contributed by atoms with van der Waals surface area (Å²) < 4.78 is 10.8. The molecule has 0 aromatic carbocycles. The third kappa shape index (κ3) is 2.57. The zero-order valence-corrected chi connectivity index (χ0v) is 12.5. The van der Waals surface area contributed by atoms with Gasteiger partial charge in [0.25, 0.3) is 5.91 Å². The van der Waals surface area contributed by atoms with E-state index in [4.69, 9.17) is 8.94 Å². The Balaban J connectivity index is 1.71. The Kier molecular flexibility index (Phi) is 3.53. The normalized spacial score (nSPS) is 18.4. The van der Waals surface area contributed by atoms with Gasteiger partial charge in [-0.1, -0.05) is 12.1 Å². The van der Waals surface area contributed by atoms with Gasteiger partial charge >= 0.3 is 0 Å². The van der Waals surface area contributed by atoms with E-state index in [-0.39, 0.29) is 11.8 Å². The number of hydrogen-bond donors (Lipinski definition) is 0. The molecule has 1 aliphatic heterocycles. The second kappa shape index (κ2) is 5.35. The molecular weight excluding hydrogens is 270 g/mol. The van der Waals surface area contributed by atoms with Crippen molar-refractivity contribution < 1.29 is 13.7 Å². The maximum atomic E-state index is 12.5. The minimum Gasteiger partial charge on any atom is -0.456 e. The second-order valence-corrected chi connectivity index (χ2v) is 5.49. The standard InChI is InChI=1S/C15H19N3O3/c1-4-12-9(2)7-13(20-12)15(19)18-6-5-11(8-18)14-16-10(3)17-21-14/h7,11H,4-6,8H2,1-3H3/t11-/m0/s1. The van der Waals surface area contributed by atoms with Crippen molar-refractivity contribution in [2.45, 2.75) is 39.5 Å². The van der Waals surface area contributed by atoms with Gasteiger partial charge in [0.1, 0.15) is 5.76 Å². The van der Waals surface area contributed by atoms with Crippen molar-refractivity contribution >= 4 is 5.91 Å². The fourth-order valence-corrected chi connectivity index (χ4v) is 2.76. The number of carbonyl (C=O) groups excluding carboxylic acids is 1. The highest BCUT2D eigenvalue weighted by atomic mass is 16.5. The molecule has 1 amide bonds. The molecule has 6 heteroatoms. The van der Waals surface area contributed by atoms with Gasteiger partial charge in [0, 0.05) is 19.5 Å². The van der Waals surface area contributed by atoms with Gasteiger partial charge in [-0.3, -0.25) is 4.79 Å². The predicted molar refractivity (Wildman–Crippen MR) is 75.1 cm³/mol. The fraction of sp³-hybridized carbons (Fsp3) is 0.533. The van der Waals surface area contributed by atoms with Gasteiger partial charge in [-0.2, -0.15) is 4.98 Å². The van der Waals surface area contributed by atoms with Crippen LogP contribution in [0.15, 0.2) is 15.0 Å². The van der Waals surface area contributed by atoms with Gasteiger partial charge in [-0.15, -0.1) is 0 Å². The van der Waals surface area contributed by atoms with E-state index in [9.17, 15) is 4.79 Å².